The average molecular weight is 209 g/mol. The lowest BCUT2D eigenvalue weighted by molar-refractivity contribution is 0.429. The van der Waals surface area contributed by atoms with Crippen molar-refractivity contribution >= 4 is 0 Å². The largest absolute Gasteiger partial charge is 0.346 e. The van der Waals surface area contributed by atoms with Crippen molar-refractivity contribution in [2.45, 2.75) is 53.9 Å². The lowest BCUT2D eigenvalue weighted by Gasteiger charge is -2.10. The van der Waals surface area contributed by atoms with Crippen molar-refractivity contribution in [3.8, 4) is 12.0 Å². The Bertz CT molecular complexity index is 197. The van der Waals surface area contributed by atoms with E-state index in [-0.39, 0.29) is 0 Å². The molecule has 0 bridgehead atoms. The molecule has 0 aromatic rings. The summed E-state index contributed by atoms with van der Waals surface area (Å²) in [6.45, 7) is 12.3. The van der Waals surface area contributed by atoms with Crippen LogP contribution in [0.25, 0.3) is 0 Å². The molecule has 15 heavy (non-hydrogen) atoms. The molecular weight excluding hydrogens is 182 g/mol. The van der Waals surface area contributed by atoms with Gasteiger partial charge < -0.3 is 5.32 Å². The molecule has 2 atom stereocenters. The highest BCUT2D eigenvalue weighted by molar-refractivity contribution is 4.97. The highest BCUT2D eigenvalue weighted by atomic mass is 14.8. The third-order valence-electron chi connectivity index (χ3n) is 3.20. The Hall–Kier alpha value is -0.640. The normalized spacial score (nSPS) is 14.3. The van der Waals surface area contributed by atoms with E-state index in [4.69, 9.17) is 0 Å². The summed E-state index contributed by atoms with van der Waals surface area (Å²) in [4.78, 5) is 0. The highest BCUT2D eigenvalue weighted by Gasteiger charge is 2.03. The van der Waals surface area contributed by atoms with Crippen LogP contribution in [0.2, 0.25) is 0 Å². The van der Waals surface area contributed by atoms with Gasteiger partial charge in [0.1, 0.15) is 0 Å². The molecule has 2 unspecified atom stereocenters. The molecule has 0 aliphatic rings. The van der Waals surface area contributed by atoms with Crippen LogP contribution in [0.1, 0.15) is 53.9 Å². The summed E-state index contributed by atoms with van der Waals surface area (Å²) in [5, 5.41) is 3.18. The van der Waals surface area contributed by atoms with Gasteiger partial charge in [-0.15, -0.1) is 0 Å². The van der Waals surface area contributed by atoms with Crippen molar-refractivity contribution < 1.29 is 0 Å². The molecule has 88 valence electrons. The van der Waals surface area contributed by atoms with E-state index in [9.17, 15) is 0 Å². The second-order valence-electron chi connectivity index (χ2n) is 4.96. The van der Waals surface area contributed by atoms with Gasteiger partial charge in [-0.2, -0.15) is 0 Å². The first-order valence-corrected chi connectivity index (χ1v) is 6.28. The quantitative estimate of drug-likeness (QED) is 0.400. The summed E-state index contributed by atoms with van der Waals surface area (Å²) in [5.41, 5.74) is 0. The van der Waals surface area contributed by atoms with Crippen molar-refractivity contribution in [3.05, 3.63) is 0 Å². The van der Waals surface area contributed by atoms with Crippen LogP contribution in [0, 0.1) is 29.7 Å². The second kappa shape index (κ2) is 8.65. The van der Waals surface area contributed by atoms with Crippen molar-refractivity contribution in [1.82, 2.24) is 5.32 Å². The summed E-state index contributed by atoms with van der Waals surface area (Å²) in [5.74, 6) is 5.45. The number of rotatable bonds is 6. The summed E-state index contributed by atoms with van der Waals surface area (Å²) in [6, 6.07) is 3.05. The van der Waals surface area contributed by atoms with E-state index in [0.717, 1.165) is 24.8 Å². The van der Waals surface area contributed by atoms with E-state index in [1.165, 1.54) is 12.8 Å². The molecule has 0 aromatic carbocycles. The Balaban J connectivity index is 3.47. The second-order valence-corrected chi connectivity index (χ2v) is 4.96. The summed E-state index contributed by atoms with van der Waals surface area (Å²) < 4.78 is 0. The lowest BCUT2D eigenvalue weighted by atomic mass is 9.95. The van der Waals surface area contributed by atoms with E-state index >= 15 is 0 Å². The molecule has 0 fully saturated rings. The van der Waals surface area contributed by atoms with Gasteiger partial charge in [0.05, 0.1) is 0 Å². The average Bonchev–Trinajstić information content (AvgIpc) is 2.22. The number of nitrogens with one attached hydrogen (secondary N) is 1. The Morgan fingerprint density at radius 2 is 1.80 bits per heavy atom. The molecule has 1 heteroatoms. The van der Waals surface area contributed by atoms with Gasteiger partial charge in [-0.3, -0.25) is 0 Å². The van der Waals surface area contributed by atoms with Gasteiger partial charge in [-0.25, -0.2) is 0 Å². The zero-order valence-electron chi connectivity index (χ0n) is 11.1. The van der Waals surface area contributed by atoms with Crippen molar-refractivity contribution in [2.24, 2.45) is 17.8 Å². The van der Waals surface area contributed by atoms with Gasteiger partial charge in [-0.05, 0) is 24.2 Å². The van der Waals surface area contributed by atoms with E-state index in [1.54, 1.807) is 0 Å². The Labute approximate surface area is 96.0 Å². The van der Waals surface area contributed by atoms with Crippen molar-refractivity contribution in [3.63, 3.8) is 0 Å². The molecule has 1 nitrogen and oxygen atoms in total. The highest BCUT2D eigenvalue weighted by Crippen LogP contribution is 2.12. The fourth-order valence-electron chi connectivity index (χ4n) is 1.10. The summed E-state index contributed by atoms with van der Waals surface area (Å²) >= 11 is 0. The zero-order valence-corrected chi connectivity index (χ0v) is 11.1. The van der Waals surface area contributed by atoms with Crippen LogP contribution < -0.4 is 5.32 Å². The molecule has 0 saturated carbocycles. The first kappa shape index (κ1) is 14.4. The SMILES string of the molecule is CCC(C)CCNC#CCC(C)C(C)C. The minimum atomic E-state index is 0.703. The van der Waals surface area contributed by atoms with Crippen LogP contribution in [0.5, 0.6) is 0 Å². The van der Waals surface area contributed by atoms with Crippen LogP contribution in [-0.2, 0) is 0 Å². The van der Waals surface area contributed by atoms with Gasteiger partial charge in [0, 0.05) is 19.0 Å². The molecule has 1 N–H and O–H groups in total. The van der Waals surface area contributed by atoms with Gasteiger partial charge in [0.2, 0.25) is 0 Å². The minimum absolute atomic E-state index is 0.703. The molecule has 0 spiro atoms. The van der Waals surface area contributed by atoms with E-state index in [1.807, 2.05) is 0 Å². The number of hydrogen-bond donors (Lipinski definition) is 1. The maximum Gasteiger partial charge on any atom is 0.0232 e. The lowest BCUT2D eigenvalue weighted by Crippen LogP contribution is -2.11. The van der Waals surface area contributed by atoms with Crippen molar-refractivity contribution in [2.75, 3.05) is 6.54 Å². The molecular formula is C14H27N. The molecule has 0 aromatic heterocycles. The van der Waals surface area contributed by atoms with Gasteiger partial charge in [0.15, 0.2) is 0 Å². The Kier molecular flexibility index (Phi) is 8.28. The van der Waals surface area contributed by atoms with Crippen LogP contribution >= 0.6 is 0 Å². The molecule has 0 aliphatic carbocycles. The summed E-state index contributed by atoms with van der Waals surface area (Å²) in [7, 11) is 0. The third-order valence-corrected chi connectivity index (χ3v) is 3.20. The van der Waals surface area contributed by atoms with Gasteiger partial charge >= 0.3 is 0 Å². The van der Waals surface area contributed by atoms with Crippen LogP contribution in [-0.4, -0.2) is 6.54 Å². The van der Waals surface area contributed by atoms with E-state index in [0.29, 0.717) is 5.92 Å². The molecule has 0 rings (SSSR count). The Morgan fingerprint density at radius 3 is 2.33 bits per heavy atom. The van der Waals surface area contributed by atoms with Crippen molar-refractivity contribution in [1.29, 1.82) is 0 Å². The first-order valence-electron chi connectivity index (χ1n) is 6.28. The topological polar surface area (TPSA) is 12.0 Å². The monoisotopic (exact) mass is 209 g/mol. The predicted octanol–water partition coefficient (Wildman–Crippen LogP) is 3.66. The van der Waals surface area contributed by atoms with E-state index < -0.39 is 0 Å². The van der Waals surface area contributed by atoms with E-state index in [2.05, 4.69) is 51.9 Å². The standard InChI is InChI=1S/C14H27N/c1-6-13(4)9-11-15-10-7-8-14(5)12(2)3/h12-15H,6,8-9,11H2,1-5H3. The minimum Gasteiger partial charge on any atom is -0.346 e. The molecule has 0 aliphatic heterocycles. The fourth-order valence-corrected chi connectivity index (χ4v) is 1.10. The maximum absolute atomic E-state index is 3.20. The smallest absolute Gasteiger partial charge is 0.0232 e. The molecule has 0 heterocycles. The first-order chi connectivity index (χ1) is 7.07. The fraction of sp³-hybridized carbons (Fsp3) is 0.857. The van der Waals surface area contributed by atoms with Crippen LogP contribution in [0.4, 0.5) is 0 Å². The molecule has 0 radical (unpaired) electrons. The van der Waals surface area contributed by atoms with Crippen LogP contribution in [0.3, 0.4) is 0 Å². The number of hydrogen-bond acceptors (Lipinski definition) is 1. The van der Waals surface area contributed by atoms with Gasteiger partial charge in [-0.1, -0.05) is 47.0 Å². The zero-order chi connectivity index (χ0) is 11.7. The molecule has 0 amide bonds. The molecule has 0 saturated heterocycles. The Morgan fingerprint density at radius 1 is 1.13 bits per heavy atom. The predicted molar refractivity (Wildman–Crippen MR) is 68.5 cm³/mol. The third kappa shape index (κ3) is 8.36. The van der Waals surface area contributed by atoms with Crippen LogP contribution in [0.15, 0.2) is 0 Å². The summed E-state index contributed by atoms with van der Waals surface area (Å²) in [6.07, 6.45) is 3.50. The maximum atomic E-state index is 3.20. The van der Waals surface area contributed by atoms with Gasteiger partial charge in [0.25, 0.3) is 0 Å².